The minimum atomic E-state index is -0.0354. The minimum absolute atomic E-state index is 0.00694. The first kappa shape index (κ1) is 18.3. The highest BCUT2D eigenvalue weighted by Crippen LogP contribution is 2.23. The van der Waals surface area contributed by atoms with Crippen molar-refractivity contribution in [1.29, 1.82) is 0 Å². The van der Waals surface area contributed by atoms with Gasteiger partial charge in [0.2, 0.25) is 5.91 Å². The number of ether oxygens (including phenoxy) is 1. The van der Waals surface area contributed by atoms with Crippen LogP contribution in [-0.4, -0.2) is 25.0 Å². The van der Waals surface area contributed by atoms with Gasteiger partial charge in [0.25, 0.3) is 0 Å². The summed E-state index contributed by atoms with van der Waals surface area (Å²) in [4.78, 5) is 15.6. The average Bonchev–Trinajstić information content (AvgIpc) is 2.59. The van der Waals surface area contributed by atoms with Crippen LogP contribution in [0.3, 0.4) is 0 Å². The Labute approximate surface area is 148 Å². The zero-order valence-corrected chi connectivity index (χ0v) is 14.5. The molecule has 6 nitrogen and oxygen atoms in total. The third kappa shape index (κ3) is 6.55. The number of guanidine groups is 1. The first-order chi connectivity index (χ1) is 12.0. The molecule has 2 aromatic rings. The minimum Gasteiger partial charge on any atom is -0.457 e. The van der Waals surface area contributed by atoms with E-state index in [9.17, 15) is 4.79 Å². The number of benzene rings is 2. The summed E-state index contributed by atoms with van der Waals surface area (Å²) in [5, 5.41) is 5.80. The number of hydrogen-bond acceptors (Lipinski definition) is 3. The molecule has 2 aromatic carbocycles. The lowest BCUT2D eigenvalue weighted by molar-refractivity contribution is -0.123. The van der Waals surface area contributed by atoms with Crippen LogP contribution in [0.25, 0.3) is 0 Å². The molecule has 0 bridgehead atoms. The van der Waals surface area contributed by atoms with Gasteiger partial charge in [-0.25, -0.2) is 0 Å². The Kier molecular flexibility index (Phi) is 6.83. The van der Waals surface area contributed by atoms with E-state index in [0.717, 1.165) is 11.4 Å². The second-order valence-electron chi connectivity index (χ2n) is 5.78. The molecule has 25 heavy (non-hydrogen) atoms. The highest BCUT2D eigenvalue weighted by atomic mass is 16.5. The van der Waals surface area contributed by atoms with Crippen LogP contribution in [-0.2, 0) is 4.79 Å². The molecule has 0 aliphatic carbocycles. The van der Waals surface area contributed by atoms with Crippen LogP contribution >= 0.6 is 0 Å². The van der Waals surface area contributed by atoms with Crippen molar-refractivity contribution < 1.29 is 9.53 Å². The molecule has 1 amide bonds. The molecule has 0 aliphatic heterocycles. The van der Waals surface area contributed by atoms with Gasteiger partial charge in [0.15, 0.2) is 5.96 Å². The van der Waals surface area contributed by atoms with Gasteiger partial charge in [-0.15, -0.1) is 0 Å². The first-order valence-corrected chi connectivity index (χ1v) is 8.22. The third-order valence-corrected chi connectivity index (χ3v) is 3.30. The van der Waals surface area contributed by atoms with E-state index < -0.39 is 0 Å². The number of rotatable bonds is 7. The van der Waals surface area contributed by atoms with Crippen molar-refractivity contribution in [3.8, 4) is 11.5 Å². The van der Waals surface area contributed by atoms with Crippen molar-refractivity contribution in [3.05, 3.63) is 54.6 Å². The maximum absolute atomic E-state index is 11.4. The highest BCUT2D eigenvalue weighted by molar-refractivity contribution is 5.92. The lowest BCUT2D eigenvalue weighted by atomic mass is 10.2. The number of amides is 1. The molecule has 132 valence electrons. The van der Waals surface area contributed by atoms with E-state index in [1.165, 1.54) is 0 Å². The van der Waals surface area contributed by atoms with E-state index in [1.807, 2.05) is 68.4 Å². The summed E-state index contributed by atoms with van der Waals surface area (Å²) in [6, 6.07) is 17.0. The van der Waals surface area contributed by atoms with Crippen LogP contribution in [0.2, 0.25) is 0 Å². The quantitative estimate of drug-likeness (QED) is 0.411. The average molecular weight is 340 g/mol. The SMILES string of the molecule is CC(C)C(=O)NCCN=C(N)Nc1cccc(Oc2ccccc2)c1. The summed E-state index contributed by atoms with van der Waals surface area (Å²) < 4.78 is 5.78. The van der Waals surface area contributed by atoms with Gasteiger partial charge in [0.05, 0.1) is 6.54 Å². The maximum Gasteiger partial charge on any atom is 0.222 e. The Balaban J connectivity index is 1.86. The summed E-state index contributed by atoms with van der Waals surface area (Å²) in [6.45, 7) is 4.56. The molecule has 0 radical (unpaired) electrons. The Morgan fingerprint density at radius 1 is 1.12 bits per heavy atom. The van der Waals surface area contributed by atoms with Gasteiger partial charge in [-0.1, -0.05) is 38.1 Å². The van der Waals surface area contributed by atoms with E-state index in [-0.39, 0.29) is 17.8 Å². The number of aliphatic imine (C=N–C) groups is 1. The molecule has 0 saturated carbocycles. The van der Waals surface area contributed by atoms with Gasteiger partial charge in [-0.05, 0) is 24.3 Å². The molecule has 0 saturated heterocycles. The number of para-hydroxylation sites is 1. The normalized spacial score (nSPS) is 11.2. The molecular weight excluding hydrogens is 316 g/mol. The number of nitrogens with two attached hydrogens (primary N) is 1. The molecule has 0 aromatic heterocycles. The fourth-order valence-corrected chi connectivity index (χ4v) is 2.01. The van der Waals surface area contributed by atoms with Gasteiger partial charge >= 0.3 is 0 Å². The Morgan fingerprint density at radius 2 is 1.84 bits per heavy atom. The molecular formula is C19H24N4O2. The molecule has 6 heteroatoms. The predicted octanol–water partition coefficient (Wildman–Crippen LogP) is 2.98. The van der Waals surface area contributed by atoms with E-state index in [2.05, 4.69) is 15.6 Å². The zero-order chi connectivity index (χ0) is 18.1. The van der Waals surface area contributed by atoms with Crippen LogP contribution in [0.1, 0.15) is 13.8 Å². The number of carbonyl (C=O) groups is 1. The van der Waals surface area contributed by atoms with Gasteiger partial charge in [-0.3, -0.25) is 9.79 Å². The van der Waals surface area contributed by atoms with Crippen molar-refractivity contribution in [2.45, 2.75) is 13.8 Å². The van der Waals surface area contributed by atoms with Gasteiger partial charge < -0.3 is 21.1 Å². The standard InChI is InChI=1S/C19H24N4O2/c1-14(2)18(24)21-11-12-22-19(20)23-15-7-6-10-17(13-15)25-16-8-4-3-5-9-16/h3-10,13-14H,11-12H2,1-2H3,(H,21,24)(H3,20,22,23). The Hall–Kier alpha value is -3.02. The largest absolute Gasteiger partial charge is 0.457 e. The molecule has 0 fully saturated rings. The lowest BCUT2D eigenvalue weighted by Gasteiger charge is -2.10. The Morgan fingerprint density at radius 3 is 2.56 bits per heavy atom. The van der Waals surface area contributed by atoms with Crippen molar-refractivity contribution in [3.63, 3.8) is 0 Å². The first-order valence-electron chi connectivity index (χ1n) is 8.22. The summed E-state index contributed by atoms with van der Waals surface area (Å²) in [5.74, 6) is 1.73. The predicted molar refractivity (Wildman–Crippen MR) is 101 cm³/mol. The van der Waals surface area contributed by atoms with Crippen LogP contribution in [0.15, 0.2) is 59.6 Å². The third-order valence-electron chi connectivity index (χ3n) is 3.30. The number of anilines is 1. The van der Waals surface area contributed by atoms with Gasteiger partial charge in [0.1, 0.15) is 11.5 Å². The van der Waals surface area contributed by atoms with Crippen LogP contribution in [0.5, 0.6) is 11.5 Å². The molecule has 4 N–H and O–H groups in total. The van der Waals surface area contributed by atoms with E-state index in [4.69, 9.17) is 10.5 Å². The van der Waals surface area contributed by atoms with Crippen molar-refractivity contribution in [1.82, 2.24) is 5.32 Å². The molecule has 0 spiro atoms. The smallest absolute Gasteiger partial charge is 0.222 e. The van der Waals surface area contributed by atoms with E-state index in [0.29, 0.717) is 18.8 Å². The van der Waals surface area contributed by atoms with E-state index >= 15 is 0 Å². The highest BCUT2D eigenvalue weighted by Gasteiger charge is 2.04. The fraction of sp³-hybridized carbons (Fsp3) is 0.263. The van der Waals surface area contributed by atoms with Crippen LogP contribution in [0.4, 0.5) is 5.69 Å². The van der Waals surface area contributed by atoms with Crippen LogP contribution < -0.4 is 21.1 Å². The summed E-state index contributed by atoms with van der Waals surface area (Å²) in [6.07, 6.45) is 0. The van der Waals surface area contributed by atoms with Crippen molar-refractivity contribution in [2.24, 2.45) is 16.6 Å². The molecule has 2 rings (SSSR count). The molecule has 0 unspecified atom stereocenters. The summed E-state index contributed by atoms with van der Waals surface area (Å²) >= 11 is 0. The summed E-state index contributed by atoms with van der Waals surface area (Å²) in [7, 11) is 0. The fourth-order valence-electron chi connectivity index (χ4n) is 2.01. The zero-order valence-electron chi connectivity index (χ0n) is 14.5. The number of hydrogen-bond donors (Lipinski definition) is 3. The van der Waals surface area contributed by atoms with Crippen molar-refractivity contribution in [2.75, 3.05) is 18.4 Å². The van der Waals surface area contributed by atoms with Crippen molar-refractivity contribution >= 4 is 17.6 Å². The second-order valence-corrected chi connectivity index (χ2v) is 5.78. The second kappa shape index (κ2) is 9.32. The van der Waals surface area contributed by atoms with Crippen LogP contribution in [0, 0.1) is 5.92 Å². The Bertz CT molecular complexity index is 714. The maximum atomic E-state index is 11.4. The topological polar surface area (TPSA) is 88.7 Å². The molecule has 0 aliphatic rings. The van der Waals surface area contributed by atoms with E-state index in [1.54, 1.807) is 0 Å². The number of nitrogens with one attached hydrogen (secondary N) is 2. The number of nitrogens with zero attached hydrogens (tertiary/aromatic N) is 1. The lowest BCUT2D eigenvalue weighted by Crippen LogP contribution is -2.31. The van der Waals surface area contributed by atoms with Gasteiger partial charge in [0, 0.05) is 24.2 Å². The molecule has 0 atom stereocenters. The monoisotopic (exact) mass is 340 g/mol. The number of carbonyl (C=O) groups excluding carboxylic acids is 1. The molecule has 0 heterocycles. The summed E-state index contributed by atoms with van der Waals surface area (Å²) in [5.41, 5.74) is 6.65. The van der Waals surface area contributed by atoms with Gasteiger partial charge in [-0.2, -0.15) is 0 Å².